The van der Waals surface area contributed by atoms with Crippen LogP contribution in [0.2, 0.25) is 0 Å². The average Bonchev–Trinajstić information content (AvgIpc) is 3.39. The molecule has 0 spiro atoms. The van der Waals surface area contributed by atoms with Crippen LogP contribution in [0.5, 0.6) is 0 Å². The summed E-state index contributed by atoms with van der Waals surface area (Å²) in [6, 6.07) is 6.21. The first-order valence-electron chi connectivity index (χ1n) is 10.1. The fraction of sp³-hybridized carbons (Fsp3) is 0.409. The van der Waals surface area contributed by atoms with Crippen LogP contribution in [0.15, 0.2) is 47.3 Å². The molecule has 7 heteroatoms. The molecule has 1 aromatic carbocycles. The number of piperidine rings is 1. The van der Waals surface area contributed by atoms with E-state index in [-0.39, 0.29) is 24.3 Å². The van der Waals surface area contributed by atoms with Gasteiger partial charge in [-0.05, 0) is 37.0 Å². The van der Waals surface area contributed by atoms with Gasteiger partial charge in [-0.2, -0.15) is 0 Å². The van der Waals surface area contributed by atoms with E-state index in [9.17, 15) is 9.18 Å². The molecule has 1 aliphatic rings. The predicted octanol–water partition coefficient (Wildman–Crippen LogP) is 3.92. The van der Waals surface area contributed by atoms with E-state index in [1.165, 1.54) is 12.1 Å². The molecule has 3 aromatic rings. The summed E-state index contributed by atoms with van der Waals surface area (Å²) >= 11 is 0. The van der Waals surface area contributed by atoms with Crippen molar-refractivity contribution >= 4 is 5.91 Å². The Bertz CT molecular complexity index is 963. The SMILES string of the molecule is CCc1nccn1CC(=O)N1CCCC[C@@H]1c1ncc(Cc2ccc(F)cc2)o1. The number of hydrogen-bond acceptors (Lipinski definition) is 4. The third-order valence-corrected chi connectivity index (χ3v) is 5.39. The maximum atomic E-state index is 13.1. The van der Waals surface area contributed by atoms with E-state index in [1.54, 1.807) is 24.5 Å². The molecule has 1 atom stereocenters. The van der Waals surface area contributed by atoms with Gasteiger partial charge >= 0.3 is 0 Å². The molecule has 0 unspecified atom stereocenters. The fourth-order valence-electron chi connectivity index (χ4n) is 3.88. The summed E-state index contributed by atoms with van der Waals surface area (Å²) in [6.45, 7) is 3.01. The van der Waals surface area contributed by atoms with E-state index in [2.05, 4.69) is 9.97 Å². The number of rotatable bonds is 6. The number of aromatic nitrogens is 3. The zero-order valence-electron chi connectivity index (χ0n) is 16.6. The second kappa shape index (κ2) is 8.59. The average molecular weight is 396 g/mol. The Hall–Kier alpha value is -2.96. The number of nitrogens with zero attached hydrogens (tertiary/aromatic N) is 4. The largest absolute Gasteiger partial charge is 0.443 e. The summed E-state index contributed by atoms with van der Waals surface area (Å²) in [5.41, 5.74) is 0.956. The minimum Gasteiger partial charge on any atom is -0.443 e. The molecule has 1 amide bonds. The molecule has 4 rings (SSSR count). The number of oxazole rings is 1. The van der Waals surface area contributed by atoms with Gasteiger partial charge < -0.3 is 13.9 Å². The monoisotopic (exact) mass is 396 g/mol. The third kappa shape index (κ3) is 4.39. The highest BCUT2D eigenvalue weighted by molar-refractivity contribution is 5.76. The van der Waals surface area contributed by atoms with Gasteiger partial charge in [0.2, 0.25) is 11.8 Å². The molecule has 0 radical (unpaired) electrons. The second-order valence-corrected chi connectivity index (χ2v) is 7.39. The minimum atomic E-state index is -0.257. The van der Waals surface area contributed by atoms with E-state index >= 15 is 0 Å². The van der Waals surface area contributed by atoms with Crippen LogP contribution < -0.4 is 0 Å². The topological polar surface area (TPSA) is 64.2 Å². The zero-order valence-corrected chi connectivity index (χ0v) is 16.6. The van der Waals surface area contributed by atoms with Gasteiger partial charge in [0.05, 0.1) is 6.20 Å². The van der Waals surface area contributed by atoms with Crippen molar-refractivity contribution in [3.63, 3.8) is 0 Å². The lowest BCUT2D eigenvalue weighted by Gasteiger charge is -2.34. The highest BCUT2D eigenvalue weighted by Crippen LogP contribution is 2.31. The van der Waals surface area contributed by atoms with Crippen molar-refractivity contribution in [2.45, 2.75) is 51.6 Å². The van der Waals surface area contributed by atoms with Crippen LogP contribution >= 0.6 is 0 Å². The molecule has 0 bridgehead atoms. The van der Waals surface area contributed by atoms with Crippen LogP contribution in [0.25, 0.3) is 0 Å². The number of likely N-dealkylation sites (tertiary alicyclic amines) is 1. The van der Waals surface area contributed by atoms with Crippen LogP contribution in [0.3, 0.4) is 0 Å². The van der Waals surface area contributed by atoms with E-state index in [1.807, 2.05) is 22.6 Å². The smallest absolute Gasteiger partial charge is 0.243 e. The van der Waals surface area contributed by atoms with Crippen LogP contribution in [0, 0.1) is 5.82 Å². The number of hydrogen-bond donors (Lipinski definition) is 0. The van der Waals surface area contributed by atoms with Crippen molar-refractivity contribution in [3.8, 4) is 0 Å². The number of aryl methyl sites for hydroxylation is 1. The van der Waals surface area contributed by atoms with Crippen molar-refractivity contribution in [3.05, 3.63) is 71.7 Å². The Morgan fingerprint density at radius 1 is 1.24 bits per heavy atom. The van der Waals surface area contributed by atoms with Crippen molar-refractivity contribution in [2.75, 3.05) is 6.54 Å². The van der Waals surface area contributed by atoms with Gasteiger partial charge in [-0.1, -0.05) is 19.1 Å². The molecular weight excluding hydrogens is 371 g/mol. The second-order valence-electron chi connectivity index (χ2n) is 7.39. The number of halogens is 1. The summed E-state index contributed by atoms with van der Waals surface area (Å²) in [5, 5.41) is 0. The summed E-state index contributed by atoms with van der Waals surface area (Å²) in [7, 11) is 0. The molecule has 0 N–H and O–H groups in total. The Kier molecular flexibility index (Phi) is 5.74. The summed E-state index contributed by atoms with van der Waals surface area (Å²) < 4.78 is 21.0. The van der Waals surface area contributed by atoms with Crippen molar-refractivity contribution < 1.29 is 13.6 Å². The van der Waals surface area contributed by atoms with Crippen molar-refractivity contribution in [1.29, 1.82) is 0 Å². The number of imidazole rings is 1. The Labute approximate surface area is 169 Å². The van der Waals surface area contributed by atoms with Crippen LogP contribution in [0.4, 0.5) is 4.39 Å². The van der Waals surface area contributed by atoms with Crippen molar-refractivity contribution in [2.24, 2.45) is 0 Å². The van der Waals surface area contributed by atoms with Crippen LogP contribution in [0.1, 0.15) is 55.3 Å². The maximum Gasteiger partial charge on any atom is 0.243 e. The lowest BCUT2D eigenvalue weighted by atomic mass is 10.0. The molecule has 1 aliphatic heterocycles. The molecule has 152 valence electrons. The number of benzene rings is 1. The highest BCUT2D eigenvalue weighted by Gasteiger charge is 2.31. The van der Waals surface area contributed by atoms with Gasteiger partial charge in [-0.15, -0.1) is 0 Å². The quantitative estimate of drug-likeness (QED) is 0.634. The van der Waals surface area contributed by atoms with E-state index < -0.39 is 0 Å². The molecule has 1 fully saturated rings. The molecule has 29 heavy (non-hydrogen) atoms. The molecule has 0 saturated carbocycles. The standard InChI is InChI=1S/C22H25FN4O2/c1-2-20-24-10-12-26(20)15-21(28)27-11-4-3-5-19(27)22-25-14-18(29-22)13-16-6-8-17(23)9-7-16/h6-10,12,14,19H,2-5,11,13,15H2,1H3/t19-/m1/s1. The van der Waals surface area contributed by atoms with Gasteiger partial charge in [0, 0.05) is 31.8 Å². The molecule has 6 nitrogen and oxygen atoms in total. The number of carbonyl (C=O) groups is 1. The fourth-order valence-corrected chi connectivity index (χ4v) is 3.88. The van der Waals surface area contributed by atoms with Crippen LogP contribution in [-0.2, 0) is 24.2 Å². The van der Waals surface area contributed by atoms with E-state index in [0.717, 1.165) is 37.1 Å². The maximum absolute atomic E-state index is 13.1. The Balaban J connectivity index is 1.48. The third-order valence-electron chi connectivity index (χ3n) is 5.39. The predicted molar refractivity (Wildman–Crippen MR) is 106 cm³/mol. The molecule has 0 aliphatic carbocycles. The number of amides is 1. The highest BCUT2D eigenvalue weighted by atomic mass is 19.1. The van der Waals surface area contributed by atoms with Gasteiger partial charge in [-0.3, -0.25) is 4.79 Å². The van der Waals surface area contributed by atoms with Crippen LogP contribution in [-0.4, -0.2) is 31.9 Å². The number of carbonyl (C=O) groups excluding carboxylic acids is 1. The van der Waals surface area contributed by atoms with Gasteiger partial charge in [0.1, 0.15) is 30.0 Å². The van der Waals surface area contributed by atoms with Gasteiger partial charge in [0.15, 0.2) is 0 Å². The van der Waals surface area contributed by atoms with Gasteiger partial charge in [0.25, 0.3) is 0 Å². The normalized spacial score (nSPS) is 16.9. The Morgan fingerprint density at radius 2 is 2.07 bits per heavy atom. The lowest BCUT2D eigenvalue weighted by molar-refractivity contribution is -0.136. The molecule has 1 saturated heterocycles. The summed E-state index contributed by atoms with van der Waals surface area (Å²) in [6.07, 6.45) is 9.48. The van der Waals surface area contributed by atoms with Gasteiger partial charge in [-0.25, -0.2) is 14.4 Å². The van der Waals surface area contributed by atoms with E-state index in [4.69, 9.17) is 4.42 Å². The summed E-state index contributed by atoms with van der Waals surface area (Å²) in [4.78, 5) is 23.7. The lowest BCUT2D eigenvalue weighted by Crippen LogP contribution is -2.40. The summed E-state index contributed by atoms with van der Waals surface area (Å²) in [5.74, 6) is 2.00. The first-order chi connectivity index (χ1) is 14.1. The first kappa shape index (κ1) is 19.4. The minimum absolute atomic E-state index is 0.0562. The van der Waals surface area contributed by atoms with Crippen molar-refractivity contribution in [1.82, 2.24) is 19.4 Å². The molecule has 3 heterocycles. The zero-order chi connectivity index (χ0) is 20.2. The molecular formula is C22H25FN4O2. The molecule has 2 aromatic heterocycles. The van der Waals surface area contributed by atoms with E-state index in [0.29, 0.717) is 24.6 Å². The Morgan fingerprint density at radius 3 is 2.86 bits per heavy atom. The first-order valence-corrected chi connectivity index (χ1v) is 10.1.